The van der Waals surface area contributed by atoms with Crippen molar-refractivity contribution in [3.05, 3.63) is 29.8 Å². The maximum Gasteiger partial charge on any atom is 0.246 e. The molecule has 0 aromatic heterocycles. The van der Waals surface area contributed by atoms with E-state index in [0.29, 0.717) is 31.8 Å². The highest BCUT2D eigenvalue weighted by atomic mass is 19.1. The van der Waals surface area contributed by atoms with Crippen LogP contribution in [0.2, 0.25) is 0 Å². The van der Waals surface area contributed by atoms with Crippen LogP contribution >= 0.6 is 0 Å². The van der Waals surface area contributed by atoms with E-state index in [4.69, 9.17) is 0 Å². The molecule has 0 radical (unpaired) electrons. The van der Waals surface area contributed by atoms with Gasteiger partial charge in [0.2, 0.25) is 11.8 Å². The molecule has 3 aliphatic rings. The van der Waals surface area contributed by atoms with Gasteiger partial charge in [-0.3, -0.25) is 14.6 Å². The average Bonchev–Trinajstić information content (AvgIpc) is 2.96. The summed E-state index contributed by atoms with van der Waals surface area (Å²) >= 11 is 0. The van der Waals surface area contributed by atoms with E-state index in [1.165, 1.54) is 31.4 Å². The third-order valence-electron chi connectivity index (χ3n) is 9.53. The summed E-state index contributed by atoms with van der Waals surface area (Å²) in [4.78, 5) is 31.8. The predicted molar refractivity (Wildman–Crippen MR) is 160 cm³/mol. The van der Waals surface area contributed by atoms with Gasteiger partial charge in [0.1, 0.15) is 17.4 Å². The van der Waals surface area contributed by atoms with E-state index in [1.807, 2.05) is 18.7 Å². The van der Waals surface area contributed by atoms with Crippen LogP contribution in [0.15, 0.2) is 23.3 Å². The topological polar surface area (TPSA) is 68.2 Å². The second-order valence-corrected chi connectivity index (χ2v) is 12.4. The largest absolute Gasteiger partial charge is 0.342 e. The highest BCUT2D eigenvalue weighted by Gasteiger charge is 2.53. The summed E-state index contributed by atoms with van der Waals surface area (Å²) in [7, 11) is 0. The van der Waals surface area contributed by atoms with Gasteiger partial charge in [-0.2, -0.15) is 5.10 Å². The van der Waals surface area contributed by atoms with Crippen molar-refractivity contribution >= 4 is 23.2 Å². The number of anilines is 1. The smallest absolute Gasteiger partial charge is 0.246 e. The molecule has 1 aliphatic carbocycles. The Bertz CT molecular complexity index is 1080. The fourth-order valence-electron chi connectivity index (χ4n) is 6.83. The van der Waals surface area contributed by atoms with Crippen molar-refractivity contribution in [2.45, 2.75) is 103 Å². The number of nitrogens with zero attached hydrogens (tertiary/aromatic N) is 4. The number of amides is 2. The molecular weight excluding hydrogens is 524 g/mol. The number of halogens is 2. The third-order valence-corrected chi connectivity index (χ3v) is 9.53. The molecule has 4 rings (SSSR count). The minimum absolute atomic E-state index is 0.0272. The Hall–Kier alpha value is -2.55. The van der Waals surface area contributed by atoms with Crippen molar-refractivity contribution in [1.82, 2.24) is 15.1 Å². The normalized spacial score (nSPS) is 23.1. The van der Waals surface area contributed by atoms with Crippen LogP contribution in [0, 0.1) is 23.5 Å². The average molecular weight is 574 g/mol. The van der Waals surface area contributed by atoms with Crippen molar-refractivity contribution < 1.29 is 18.4 Å². The molecule has 3 fully saturated rings. The molecule has 2 amide bonds. The number of rotatable bonds is 11. The minimum Gasteiger partial charge on any atom is -0.342 e. The number of benzene rings is 1. The first-order valence-corrected chi connectivity index (χ1v) is 15.8. The van der Waals surface area contributed by atoms with E-state index in [-0.39, 0.29) is 23.4 Å². The van der Waals surface area contributed by atoms with Gasteiger partial charge in [0.15, 0.2) is 5.82 Å². The first kappa shape index (κ1) is 31.4. The number of nitrogens with one attached hydrogen (secondary N) is 1. The van der Waals surface area contributed by atoms with E-state index in [2.05, 4.69) is 29.2 Å². The van der Waals surface area contributed by atoms with Crippen LogP contribution in [-0.4, -0.2) is 71.6 Å². The molecular formula is C32H49F2N5O2. The first-order valence-electron chi connectivity index (χ1n) is 15.8. The third kappa shape index (κ3) is 7.27. The van der Waals surface area contributed by atoms with Gasteiger partial charge in [-0.25, -0.2) is 8.78 Å². The lowest BCUT2D eigenvalue weighted by molar-refractivity contribution is -0.162. The second-order valence-electron chi connectivity index (χ2n) is 12.4. The molecule has 0 bridgehead atoms. The van der Waals surface area contributed by atoms with Gasteiger partial charge < -0.3 is 15.1 Å². The summed E-state index contributed by atoms with van der Waals surface area (Å²) in [5.41, 5.74) is 0.344. The van der Waals surface area contributed by atoms with Crippen LogP contribution in [-0.2, 0) is 9.59 Å². The highest BCUT2D eigenvalue weighted by molar-refractivity contribution is 6.00. The molecule has 9 heteroatoms. The summed E-state index contributed by atoms with van der Waals surface area (Å²) in [6.07, 6.45) is 9.92. The second kappa shape index (κ2) is 14.1. The van der Waals surface area contributed by atoms with E-state index in [0.717, 1.165) is 63.5 Å². The molecule has 1 N–H and O–H groups in total. The summed E-state index contributed by atoms with van der Waals surface area (Å²) in [6, 6.07) is 3.15. The fraction of sp³-hybridized carbons (Fsp3) is 0.719. The van der Waals surface area contributed by atoms with Crippen LogP contribution in [0.4, 0.5) is 14.5 Å². The number of piperidine rings is 1. The molecule has 1 aromatic rings. The quantitative estimate of drug-likeness (QED) is 0.271. The zero-order chi connectivity index (χ0) is 29.6. The monoisotopic (exact) mass is 573 g/mol. The SMILES string of the molecule is CCCCN1C(=O)[C@H](CC2CCCCC2)NC(=O)C12CCN(CC(C)/C(C)=N\N(CC)c1ccc(F)cc1F)CC2. The van der Waals surface area contributed by atoms with Crippen molar-refractivity contribution in [2.75, 3.05) is 37.7 Å². The molecule has 2 aliphatic heterocycles. The Morgan fingerprint density at radius 1 is 1.15 bits per heavy atom. The van der Waals surface area contributed by atoms with E-state index in [9.17, 15) is 18.4 Å². The van der Waals surface area contributed by atoms with Gasteiger partial charge in [0.05, 0.1) is 5.69 Å². The summed E-state index contributed by atoms with van der Waals surface area (Å²) in [5.74, 6) is -0.483. The Morgan fingerprint density at radius 2 is 1.85 bits per heavy atom. The van der Waals surface area contributed by atoms with Gasteiger partial charge in [-0.1, -0.05) is 52.4 Å². The van der Waals surface area contributed by atoms with Crippen LogP contribution < -0.4 is 10.3 Å². The Morgan fingerprint density at radius 3 is 2.49 bits per heavy atom. The maximum absolute atomic E-state index is 14.4. The number of hydrazone groups is 1. The molecule has 2 atom stereocenters. The number of unbranched alkanes of at least 4 members (excludes halogenated alkanes) is 1. The van der Waals surface area contributed by atoms with Crippen LogP contribution in [0.25, 0.3) is 0 Å². The number of likely N-dealkylation sites (tertiary alicyclic amines) is 1. The lowest BCUT2D eigenvalue weighted by atomic mass is 9.79. The summed E-state index contributed by atoms with van der Waals surface area (Å²) in [5, 5.41) is 9.42. The van der Waals surface area contributed by atoms with Crippen LogP contribution in [0.3, 0.4) is 0 Å². The van der Waals surface area contributed by atoms with Crippen molar-refractivity contribution in [1.29, 1.82) is 0 Å². The Kier molecular flexibility index (Phi) is 10.8. The molecule has 7 nitrogen and oxygen atoms in total. The zero-order valence-corrected chi connectivity index (χ0v) is 25.4. The first-order chi connectivity index (χ1) is 19.7. The zero-order valence-electron chi connectivity index (χ0n) is 25.4. The summed E-state index contributed by atoms with van der Waals surface area (Å²) in [6.45, 7) is 11.3. The lowest BCUT2D eigenvalue weighted by Gasteiger charge is -2.52. The fourth-order valence-corrected chi connectivity index (χ4v) is 6.83. The summed E-state index contributed by atoms with van der Waals surface area (Å²) < 4.78 is 27.8. The van der Waals surface area contributed by atoms with E-state index in [1.54, 1.807) is 5.01 Å². The molecule has 41 heavy (non-hydrogen) atoms. The Balaban J connectivity index is 1.39. The number of piperazine rings is 1. The number of hydrogen-bond donors (Lipinski definition) is 1. The van der Waals surface area contributed by atoms with Gasteiger partial charge >= 0.3 is 0 Å². The van der Waals surface area contributed by atoms with Gasteiger partial charge in [0.25, 0.3) is 0 Å². The van der Waals surface area contributed by atoms with Crippen molar-refractivity contribution in [3.8, 4) is 0 Å². The standard InChI is InChI=1S/C32H49F2N5O2/c1-5-7-17-38-30(40)28(20-25-11-9-8-10-12-25)35-31(41)32(38)15-18-37(19-16-32)22-23(3)24(4)36-39(6-2)29-14-13-26(33)21-27(29)34/h13-14,21,23,25,28H,5-12,15-20,22H2,1-4H3,(H,35,41)/b36-24-/t23?,28-/m0/s1. The molecule has 1 unspecified atom stereocenters. The maximum atomic E-state index is 14.4. The molecule has 1 spiro atoms. The number of hydrogen-bond acceptors (Lipinski definition) is 5. The number of carbonyl (C=O) groups excluding carboxylic acids is 2. The molecule has 1 aromatic carbocycles. The van der Waals surface area contributed by atoms with Crippen LogP contribution in [0.1, 0.15) is 91.9 Å². The molecule has 228 valence electrons. The van der Waals surface area contributed by atoms with Crippen LogP contribution in [0.5, 0.6) is 0 Å². The van der Waals surface area contributed by atoms with Crippen molar-refractivity contribution in [3.63, 3.8) is 0 Å². The van der Waals surface area contributed by atoms with E-state index < -0.39 is 23.2 Å². The van der Waals surface area contributed by atoms with Gasteiger partial charge in [0, 0.05) is 50.4 Å². The lowest BCUT2D eigenvalue weighted by Crippen LogP contribution is -2.73. The van der Waals surface area contributed by atoms with Crippen molar-refractivity contribution in [2.24, 2.45) is 16.9 Å². The Labute approximate surface area is 244 Å². The molecule has 2 saturated heterocycles. The molecule has 1 saturated carbocycles. The number of carbonyl (C=O) groups is 2. The van der Waals surface area contributed by atoms with Gasteiger partial charge in [-0.05, 0) is 57.6 Å². The minimum atomic E-state index is -0.767. The highest BCUT2D eigenvalue weighted by Crippen LogP contribution is 2.36. The van der Waals surface area contributed by atoms with Gasteiger partial charge in [-0.15, -0.1) is 0 Å². The van der Waals surface area contributed by atoms with E-state index >= 15 is 0 Å². The predicted octanol–water partition coefficient (Wildman–Crippen LogP) is 5.74. The molecule has 2 heterocycles.